The lowest BCUT2D eigenvalue weighted by molar-refractivity contribution is 0.0705. The number of amides is 1. The molecule has 1 fully saturated rings. The highest BCUT2D eigenvalue weighted by molar-refractivity contribution is 5.93. The standard InChI is InChI=1S/C25H29N5O3/c1-16(2)33-19-6-4-17(5-7-19)20-15-27-22(14-23(20)32-3)25(31)30-12-10-18(11-13-30)21-8-9-24(26)29-28-21/h4-9,14-16,18H,10-13H2,1-3H3,(H2,26,29). The number of hydrogen-bond donors (Lipinski definition) is 1. The second kappa shape index (κ2) is 9.85. The molecule has 3 heterocycles. The molecule has 0 radical (unpaired) electrons. The smallest absolute Gasteiger partial charge is 0.272 e. The molecule has 1 aliphatic heterocycles. The number of rotatable bonds is 6. The molecule has 8 nitrogen and oxygen atoms in total. The summed E-state index contributed by atoms with van der Waals surface area (Å²) >= 11 is 0. The molecule has 33 heavy (non-hydrogen) atoms. The fourth-order valence-electron chi connectivity index (χ4n) is 4.04. The van der Waals surface area contributed by atoms with E-state index in [9.17, 15) is 4.79 Å². The number of nitrogens with zero attached hydrogens (tertiary/aromatic N) is 4. The number of nitrogens with two attached hydrogens (primary N) is 1. The summed E-state index contributed by atoms with van der Waals surface area (Å²) in [6.07, 6.45) is 3.46. The van der Waals surface area contributed by atoms with Gasteiger partial charge in [0.1, 0.15) is 23.0 Å². The maximum Gasteiger partial charge on any atom is 0.272 e. The number of carbonyl (C=O) groups is 1. The third kappa shape index (κ3) is 5.22. The Balaban J connectivity index is 1.45. The molecule has 0 unspecified atom stereocenters. The summed E-state index contributed by atoms with van der Waals surface area (Å²) in [7, 11) is 1.60. The van der Waals surface area contributed by atoms with Crippen LogP contribution in [-0.2, 0) is 0 Å². The number of nitrogen functional groups attached to an aromatic ring is 1. The summed E-state index contributed by atoms with van der Waals surface area (Å²) in [6.45, 7) is 5.26. The Bertz CT molecular complexity index is 1090. The number of pyridine rings is 1. The number of likely N-dealkylation sites (tertiary alicyclic amines) is 1. The third-order valence-corrected chi connectivity index (χ3v) is 5.75. The van der Waals surface area contributed by atoms with Crippen molar-refractivity contribution in [2.24, 2.45) is 0 Å². The molecular weight excluding hydrogens is 418 g/mol. The van der Waals surface area contributed by atoms with Crippen LogP contribution in [0.2, 0.25) is 0 Å². The van der Waals surface area contributed by atoms with E-state index < -0.39 is 0 Å². The van der Waals surface area contributed by atoms with Gasteiger partial charge >= 0.3 is 0 Å². The van der Waals surface area contributed by atoms with Crippen LogP contribution < -0.4 is 15.2 Å². The Hall–Kier alpha value is -3.68. The fraction of sp³-hybridized carbons (Fsp3) is 0.360. The van der Waals surface area contributed by atoms with Gasteiger partial charge in [-0.2, -0.15) is 5.10 Å². The average Bonchev–Trinajstić information content (AvgIpc) is 2.84. The molecule has 1 saturated heterocycles. The molecule has 172 valence electrons. The molecule has 0 aliphatic carbocycles. The molecule has 2 N–H and O–H groups in total. The maximum absolute atomic E-state index is 13.1. The van der Waals surface area contributed by atoms with Gasteiger partial charge in [-0.1, -0.05) is 12.1 Å². The van der Waals surface area contributed by atoms with E-state index in [0.717, 1.165) is 35.4 Å². The van der Waals surface area contributed by atoms with Gasteiger partial charge in [-0.15, -0.1) is 5.10 Å². The van der Waals surface area contributed by atoms with Crippen LogP contribution in [0, 0.1) is 0 Å². The molecule has 1 aromatic carbocycles. The van der Waals surface area contributed by atoms with E-state index in [0.29, 0.717) is 30.4 Å². The van der Waals surface area contributed by atoms with Crippen LogP contribution in [0.5, 0.6) is 11.5 Å². The third-order valence-electron chi connectivity index (χ3n) is 5.75. The van der Waals surface area contributed by atoms with Crippen LogP contribution in [0.1, 0.15) is 48.8 Å². The van der Waals surface area contributed by atoms with Gasteiger partial charge in [-0.3, -0.25) is 9.78 Å². The van der Waals surface area contributed by atoms with Gasteiger partial charge in [0.05, 0.1) is 18.9 Å². The normalized spacial score (nSPS) is 14.4. The Morgan fingerprint density at radius 1 is 1.09 bits per heavy atom. The van der Waals surface area contributed by atoms with Crippen molar-refractivity contribution in [3.8, 4) is 22.6 Å². The van der Waals surface area contributed by atoms with Gasteiger partial charge in [0.15, 0.2) is 0 Å². The molecule has 2 aromatic heterocycles. The number of methoxy groups -OCH3 is 1. The van der Waals surface area contributed by atoms with Crippen LogP contribution in [-0.4, -0.2) is 52.3 Å². The van der Waals surface area contributed by atoms with E-state index in [1.165, 1.54) is 0 Å². The van der Waals surface area contributed by atoms with Crippen molar-refractivity contribution in [3.63, 3.8) is 0 Å². The molecule has 0 spiro atoms. The number of hydrogen-bond acceptors (Lipinski definition) is 7. The van der Waals surface area contributed by atoms with Crippen LogP contribution in [0.3, 0.4) is 0 Å². The highest BCUT2D eigenvalue weighted by Gasteiger charge is 2.27. The zero-order valence-corrected chi connectivity index (χ0v) is 19.2. The van der Waals surface area contributed by atoms with E-state index >= 15 is 0 Å². The monoisotopic (exact) mass is 447 g/mol. The Labute approximate surface area is 193 Å². The highest BCUT2D eigenvalue weighted by Crippen LogP contribution is 2.32. The number of ether oxygens (including phenoxy) is 2. The van der Waals surface area contributed by atoms with Crippen molar-refractivity contribution in [1.82, 2.24) is 20.1 Å². The molecule has 4 rings (SSSR count). The van der Waals surface area contributed by atoms with Gasteiger partial charge in [-0.25, -0.2) is 0 Å². The first-order chi connectivity index (χ1) is 15.9. The molecule has 1 amide bonds. The van der Waals surface area contributed by atoms with Gasteiger partial charge in [0, 0.05) is 36.8 Å². The summed E-state index contributed by atoms with van der Waals surface area (Å²) in [6, 6.07) is 13.2. The highest BCUT2D eigenvalue weighted by atomic mass is 16.5. The van der Waals surface area contributed by atoms with Gasteiger partial charge in [0.25, 0.3) is 5.91 Å². The van der Waals surface area contributed by atoms with E-state index in [-0.39, 0.29) is 17.9 Å². The van der Waals surface area contributed by atoms with E-state index in [4.69, 9.17) is 15.2 Å². The molecule has 0 atom stereocenters. The van der Waals surface area contributed by atoms with Crippen LogP contribution in [0.4, 0.5) is 5.82 Å². The topological polar surface area (TPSA) is 103 Å². The summed E-state index contributed by atoms with van der Waals surface area (Å²) in [4.78, 5) is 19.4. The number of carbonyl (C=O) groups excluding carboxylic acids is 1. The van der Waals surface area contributed by atoms with Crippen molar-refractivity contribution in [1.29, 1.82) is 0 Å². The minimum Gasteiger partial charge on any atom is -0.496 e. The molecule has 0 bridgehead atoms. The largest absolute Gasteiger partial charge is 0.496 e. The van der Waals surface area contributed by atoms with Crippen molar-refractivity contribution in [2.45, 2.75) is 38.7 Å². The number of piperidine rings is 1. The zero-order valence-electron chi connectivity index (χ0n) is 19.2. The average molecular weight is 448 g/mol. The number of aromatic nitrogens is 3. The van der Waals surface area contributed by atoms with Crippen LogP contribution in [0.15, 0.2) is 48.7 Å². The fourth-order valence-corrected chi connectivity index (χ4v) is 4.04. The first-order valence-corrected chi connectivity index (χ1v) is 11.1. The minimum atomic E-state index is -0.0950. The lowest BCUT2D eigenvalue weighted by Crippen LogP contribution is -2.38. The predicted molar refractivity (Wildman–Crippen MR) is 126 cm³/mol. The molecule has 0 saturated carbocycles. The van der Waals surface area contributed by atoms with Crippen LogP contribution in [0.25, 0.3) is 11.1 Å². The SMILES string of the molecule is COc1cc(C(=O)N2CCC(c3ccc(N)nn3)CC2)ncc1-c1ccc(OC(C)C)cc1. The van der Waals surface area contributed by atoms with Crippen molar-refractivity contribution in [3.05, 3.63) is 60.0 Å². The second-order valence-corrected chi connectivity index (χ2v) is 8.41. The predicted octanol–water partition coefficient (Wildman–Crippen LogP) is 3.94. The van der Waals surface area contributed by atoms with E-state index in [1.807, 2.05) is 49.1 Å². The summed E-state index contributed by atoms with van der Waals surface area (Å²) in [5.74, 6) is 2.01. The first kappa shape index (κ1) is 22.5. The number of anilines is 1. The summed E-state index contributed by atoms with van der Waals surface area (Å²) in [5, 5.41) is 8.14. The Morgan fingerprint density at radius 3 is 2.42 bits per heavy atom. The van der Waals surface area contributed by atoms with Gasteiger partial charge in [-0.05, 0) is 56.5 Å². The van der Waals surface area contributed by atoms with E-state index in [1.54, 1.807) is 25.4 Å². The quantitative estimate of drug-likeness (QED) is 0.610. The zero-order chi connectivity index (χ0) is 23.4. The van der Waals surface area contributed by atoms with E-state index in [2.05, 4.69) is 15.2 Å². The summed E-state index contributed by atoms with van der Waals surface area (Å²) in [5.41, 5.74) is 8.69. The Kier molecular flexibility index (Phi) is 6.72. The lowest BCUT2D eigenvalue weighted by atomic mass is 9.93. The van der Waals surface area contributed by atoms with Gasteiger partial charge in [0.2, 0.25) is 0 Å². The first-order valence-electron chi connectivity index (χ1n) is 11.1. The van der Waals surface area contributed by atoms with Crippen LogP contribution >= 0.6 is 0 Å². The van der Waals surface area contributed by atoms with Gasteiger partial charge < -0.3 is 20.1 Å². The molecule has 8 heteroatoms. The Morgan fingerprint density at radius 2 is 1.82 bits per heavy atom. The minimum absolute atomic E-state index is 0.0950. The molecule has 1 aliphatic rings. The van der Waals surface area contributed by atoms with Crippen molar-refractivity contribution in [2.75, 3.05) is 25.9 Å². The second-order valence-electron chi connectivity index (χ2n) is 8.41. The molecular formula is C25H29N5O3. The van der Waals surface area contributed by atoms with Crippen molar-refractivity contribution < 1.29 is 14.3 Å². The molecule has 3 aromatic rings. The summed E-state index contributed by atoms with van der Waals surface area (Å²) < 4.78 is 11.3. The maximum atomic E-state index is 13.1. The lowest BCUT2D eigenvalue weighted by Gasteiger charge is -2.31. The van der Waals surface area contributed by atoms with Crippen molar-refractivity contribution >= 4 is 11.7 Å². The number of benzene rings is 1.